The Morgan fingerprint density at radius 3 is 2.50 bits per heavy atom. The molecule has 0 saturated heterocycles. The minimum atomic E-state index is -0.665. The molecule has 0 unspecified atom stereocenters. The average Bonchev–Trinajstić information content (AvgIpc) is 2.22. The van der Waals surface area contributed by atoms with Crippen LogP contribution >= 0.6 is 11.8 Å². The molecule has 0 radical (unpaired) electrons. The number of aromatic nitrogens is 1. The molecule has 5 heteroatoms. The SMILES string of the molecule is Fc1ccc(Sc2ccnc(F)c2)c(F)c1. The summed E-state index contributed by atoms with van der Waals surface area (Å²) in [6, 6.07) is 6.00. The van der Waals surface area contributed by atoms with Crippen molar-refractivity contribution in [1.82, 2.24) is 4.98 Å². The highest BCUT2D eigenvalue weighted by molar-refractivity contribution is 7.99. The van der Waals surface area contributed by atoms with Crippen molar-refractivity contribution in [3.05, 3.63) is 54.1 Å². The summed E-state index contributed by atoms with van der Waals surface area (Å²) < 4.78 is 38.7. The molecule has 2 rings (SSSR count). The van der Waals surface area contributed by atoms with Crippen LogP contribution in [-0.2, 0) is 0 Å². The Morgan fingerprint density at radius 2 is 1.81 bits per heavy atom. The minimum absolute atomic E-state index is 0.243. The fourth-order valence-electron chi connectivity index (χ4n) is 1.13. The first-order valence-electron chi connectivity index (χ1n) is 4.39. The van der Waals surface area contributed by atoms with Crippen LogP contribution in [0, 0.1) is 17.6 Å². The third kappa shape index (κ3) is 2.55. The molecule has 82 valence electrons. The van der Waals surface area contributed by atoms with Gasteiger partial charge in [0, 0.05) is 28.1 Å². The molecule has 0 aliphatic heterocycles. The third-order valence-corrected chi connectivity index (χ3v) is 2.86. The summed E-state index contributed by atoms with van der Waals surface area (Å²) in [7, 11) is 0. The average molecular weight is 241 g/mol. The van der Waals surface area contributed by atoms with Crippen LogP contribution in [0.2, 0.25) is 0 Å². The number of hydrogen-bond acceptors (Lipinski definition) is 2. The smallest absolute Gasteiger partial charge is 0.213 e. The van der Waals surface area contributed by atoms with Crippen molar-refractivity contribution >= 4 is 11.8 Å². The van der Waals surface area contributed by atoms with Crippen LogP contribution in [0.25, 0.3) is 0 Å². The summed E-state index contributed by atoms with van der Waals surface area (Å²) in [6.45, 7) is 0. The van der Waals surface area contributed by atoms with E-state index in [2.05, 4.69) is 4.98 Å². The summed E-state index contributed by atoms with van der Waals surface area (Å²) in [6.07, 6.45) is 1.29. The zero-order valence-corrected chi connectivity index (χ0v) is 8.77. The van der Waals surface area contributed by atoms with E-state index in [-0.39, 0.29) is 4.90 Å². The monoisotopic (exact) mass is 241 g/mol. The van der Waals surface area contributed by atoms with Crippen LogP contribution in [0.4, 0.5) is 13.2 Å². The molecule has 0 aliphatic rings. The summed E-state index contributed by atoms with van der Waals surface area (Å²) in [5, 5.41) is 0. The molecule has 16 heavy (non-hydrogen) atoms. The first-order chi connectivity index (χ1) is 7.65. The highest BCUT2D eigenvalue weighted by Gasteiger charge is 2.06. The van der Waals surface area contributed by atoms with Gasteiger partial charge in [-0.05, 0) is 18.2 Å². The van der Waals surface area contributed by atoms with E-state index in [0.717, 1.165) is 23.9 Å². The number of nitrogens with zero attached hydrogens (tertiary/aromatic N) is 1. The van der Waals surface area contributed by atoms with E-state index in [0.29, 0.717) is 4.90 Å². The van der Waals surface area contributed by atoms with Crippen molar-refractivity contribution in [3.8, 4) is 0 Å². The van der Waals surface area contributed by atoms with Crippen LogP contribution in [0.1, 0.15) is 0 Å². The fraction of sp³-hybridized carbons (Fsp3) is 0. The molecule has 0 N–H and O–H groups in total. The van der Waals surface area contributed by atoms with Gasteiger partial charge in [0.15, 0.2) is 0 Å². The van der Waals surface area contributed by atoms with E-state index in [9.17, 15) is 13.2 Å². The number of halogens is 3. The molecule has 0 amide bonds. The van der Waals surface area contributed by atoms with Crippen molar-refractivity contribution < 1.29 is 13.2 Å². The van der Waals surface area contributed by atoms with Gasteiger partial charge < -0.3 is 0 Å². The quantitative estimate of drug-likeness (QED) is 0.744. The van der Waals surface area contributed by atoms with Gasteiger partial charge in [0.2, 0.25) is 5.95 Å². The Kier molecular flexibility index (Phi) is 3.14. The first-order valence-corrected chi connectivity index (χ1v) is 5.21. The lowest BCUT2D eigenvalue weighted by atomic mass is 10.3. The standard InChI is InChI=1S/C11H6F3NS/c12-7-1-2-10(9(13)5-7)16-8-3-4-15-11(14)6-8/h1-6H. The maximum absolute atomic E-state index is 13.3. The zero-order chi connectivity index (χ0) is 11.5. The molecule has 1 aromatic carbocycles. The van der Waals surface area contributed by atoms with Crippen molar-refractivity contribution in [2.24, 2.45) is 0 Å². The van der Waals surface area contributed by atoms with Gasteiger partial charge in [0.05, 0.1) is 0 Å². The molecule has 0 atom stereocenters. The Labute approximate surface area is 94.3 Å². The molecule has 0 fully saturated rings. The lowest BCUT2D eigenvalue weighted by Crippen LogP contribution is -1.85. The molecule has 1 nitrogen and oxygen atoms in total. The van der Waals surface area contributed by atoms with E-state index in [1.54, 1.807) is 6.07 Å². The van der Waals surface area contributed by atoms with E-state index >= 15 is 0 Å². The molecule has 1 heterocycles. The molecule has 0 spiro atoms. The van der Waals surface area contributed by atoms with Gasteiger partial charge in [0.1, 0.15) is 11.6 Å². The zero-order valence-electron chi connectivity index (χ0n) is 7.95. The van der Waals surface area contributed by atoms with Crippen molar-refractivity contribution in [3.63, 3.8) is 0 Å². The Morgan fingerprint density at radius 1 is 1.00 bits per heavy atom. The van der Waals surface area contributed by atoms with Crippen molar-refractivity contribution in [2.45, 2.75) is 9.79 Å². The van der Waals surface area contributed by atoms with Gasteiger partial charge in [-0.25, -0.2) is 13.8 Å². The predicted octanol–water partition coefficient (Wildman–Crippen LogP) is 3.65. The van der Waals surface area contributed by atoms with Crippen molar-refractivity contribution in [2.75, 3.05) is 0 Å². The van der Waals surface area contributed by atoms with E-state index in [1.165, 1.54) is 18.3 Å². The molecule has 2 aromatic rings. The third-order valence-electron chi connectivity index (χ3n) is 1.82. The molecular weight excluding hydrogens is 235 g/mol. The normalized spacial score (nSPS) is 10.4. The molecule has 0 bridgehead atoms. The summed E-state index contributed by atoms with van der Waals surface area (Å²) in [4.78, 5) is 4.14. The molecule has 1 aromatic heterocycles. The van der Waals surface area contributed by atoms with Gasteiger partial charge in [-0.1, -0.05) is 11.8 Å². The second-order valence-corrected chi connectivity index (χ2v) is 4.11. The van der Waals surface area contributed by atoms with Gasteiger partial charge in [-0.3, -0.25) is 0 Å². The largest absolute Gasteiger partial charge is 0.228 e. The molecule has 0 saturated carbocycles. The number of benzene rings is 1. The second kappa shape index (κ2) is 4.57. The van der Waals surface area contributed by atoms with Crippen LogP contribution < -0.4 is 0 Å². The minimum Gasteiger partial charge on any atom is -0.228 e. The van der Waals surface area contributed by atoms with Crippen LogP contribution in [0.5, 0.6) is 0 Å². The summed E-state index contributed by atoms with van der Waals surface area (Å²) >= 11 is 1.02. The number of hydrogen-bond donors (Lipinski definition) is 0. The summed E-state index contributed by atoms with van der Waals surface area (Å²) in [5.74, 6) is -1.93. The van der Waals surface area contributed by atoms with Gasteiger partial charge in [-0.2, -0.15) is 4.39 Å². The summed E-state index contributed by atoms with van der Waals surface area (Å²) in [5.41, 5.74) is 0. The fourth-order valence-corrected chi connectivity index (χ4v) is 1.96. The van der Waals surface area contributed by atoms with E-state index in [4.69, 9.17) is 0 Å². The van der Waals surface area contributed by atoms with Gasteiger partial charge in [-0.15, -0.1) is 0 Å². The maximum atomic E-state index is 13.3. The van der Waals surface area contributed by atoms with Crippen LogP contribution in [0.15, 0.2) is 46.3 Å². The molecular formula is C11H6F3NS. The van der Waals surface area contributed by atoms with Gasteiger partial charge in [0.25, 0.3) is 0 Å². The Hall–Kier alpha value is -1.49. The Balaban J connectivity index is 2.27. The van der Waals surface area contributed by atoms with Crippen LogP contribution in [0.3, 0.4) is 0 Å². The van der Waals surface area contributed by atoms with E-state index < -0.39 is 17.6 Å². The highest BCUT2D eigenvalue weighted by atomic mass is 32.2. The molecule has 0 aliphatic carbocycles. The van der Waals surface area contributed by atoms with Gasteiger partial charge >= 0.3 is 0 Å². The van der Waals surface area contributed by atoms with Crippen molar-refractivity contribution in [1.29, 1.82) is 0 Å². The number of pyridine rings is 1. The Bertz CT molecular complexity index is 516. The topological polar surface area (TPSA) is 12.9 Å². The second-order valence-electron chi connectivity index (χ2n) is 2.99. The lowest BCUT2D eigenvalue weighted by Gasteiger charge is -2.02. The predicted molar refractivity (Wildman–Crippen MR) is 54.7 cm³/mol. The highest BCUT2D eigenvalue weighted by Crippen LogP contribution is 2.29. The van der Waals surface area contributed by atoms with Crippen LogP contribution in [-0.4, -0.2) is 4.98 Å². The van der Waals surface area contributed by atoms with E-state index in [1.807, 2.05) is 0 Å². The lowest BCUT2D eigenvalue weighted by molar-refractivity contribution is 0.565. The maximum Gasteiger partial charge on any atom is 0.213 e. The number of rotatable bonds is 2. The first kappa shape index (κ1) is 11.0.